The first kappa shape index (κ1) is 16.4. The molecule has 1 aliphatic rings. The van der Waals surface area contributed by atoms with Gasteiger partial charge in [-0.05, 0) is 80.1 Å². The zero-order valence-electron chi connectivity index (χ0n) is 14.2. The van der Waals surface area contributed by atoms with Crippen molar-refractivity contribution >= 4 is 11.6 Å². The van der Waals surface area contributed by atoms with Crippen LogP contribution < -0.4 is 14.8 Å². The van der Waals surface area contributed by atoms with E-state index in [1.54, 1.807) is 14.0 Å². The van der Waals surface area contributed by atoms with Crippen LogP contribution in [0.25, 0.3) is 0 Å². The van der Waals surface area contributed by atoms with Crippen molar-refractivity contribution in [2.75, 3.05) is 12.4 Å². The van der Waals surface area contributed by atoms with Crippen LogP contribution in [-0.4, -0.2) is 19.1 Å². The van der Waals surface area contributed by atoms with E-state index in [2.05, 4.69) is 17.4 Å². The molecule has 1 aliphatic carbocycles. The van der Waals surface area contributed by atoms with Gasteiger partial charge in [-0.25, -0.2) is 0 Å². The number of rotatable bonds is 5. The Kier molecular flexibility index (Phi) is 5.04. The van der Waals surface area contributed by atoms with Crippen LogP contribution in [0.5, 0.6) is 11.5 Å². The van der Waals surface area contributed by atoms with E-state index in [1.807, 2.05) is 30.3 Å². The number of fused-ring (bicyclic) bond motifs is 1. The van der Waals surface area contributed by atoms with Crippen molar-refractivity contribution in [2.45, 2.75) is 38.7 Å². The highest BCUT2D eigenvalue weighted by Gasteiger charge is 2.16. The monoisotopic (exact) mass is 325 g/mol. The molecule has 0 fully saturated rings. The van der Waals surface area contributed by atoms with E-state index in [1.165, 1.54) is 24.0 Å². The van der Waals surface area contributed by atoms with Crippen LogP contribution in [0.3, 0.4) is 0 Å². The summed E-state index contributed by atoms with van der Waals surface area (Å²) in [6, 6.07) is 13.4. The molecule has 1 N–H and O–H groups in total. The first-order valence-electron chi connectivity index (χ1n) is 8.39. The minimum atomic E-state index is -0.561. The molecule has 0 bridgehead atoms. The number of ether oxygens (including phenoxy) is 2. The molecule has 0 aromatic heterocycles. The minimum absolute atomic E-state index is 0.169. The molecule has 4 heteroatoms. The van der Waals surface area contributed by atoms with Crippen LogP contribution in [0.4, 0.5) is 5.69 Å². The van der Waals surface area contributed by atoms with Gasteiger partial charge in [-0.3, -0.25) is 4.79 Å². The molecule has 4 nitrogen and oxygen atoms in total. The number of anilines is 1. The Bertz CT molecular complexity index is 709. The molecule has 126 valence electrons. The van der Waals surface area contributed by atoms with E-state index in [4.69, 9.17) is 9.47 Å². The molecular weight excluding hydrogens is 302 g/mol. The first-order valence-corrected chi connectivity index (χ1v) is 8.39. The Balaban J connectivity index is 1.61. The van der Waals surface area contributed by atoms with Gasteiger partial charge in [0.25, 0.3) is 5.91 Å². The average molecular weight is 325 g/mol. The van der Waals surface area contributed by atoms with Crippen LogP contribution in [0.2, 0.25) is 0 Å². The SMILES string of the molecule is COc1ccc(NC(=O)C(C)Oc2ccc3c(c2)CCCC3)cc1. The summed E-state index contributed by atoms with van der Waals surface area (Å²) in [5.41, 5.74) is 3.48. The number of methoxy groups -OCH3 is 1. The van der Waals surface area contributed by atoms with Crippen LogP contribution in [-0.2, 0) is 17.6 Å². The van der Waals surface area contributed by atoms with Crippen molar-refractivity contribution in [3.05, 3.63) is 53.6 Å². The Morgan fingerprint density at radius 2 is 1.67 bits per heavy atom. The zero-order chi connectivity index (χ0) is 16.9. The topological polar surface area (TPSA) is 47.6 Å². The highest BCUT2D eigenvalue weighted by atomic mass is 16.5. The van der Waals surface area contributed by atoms with Crippen LogP contribution >= 0.6 is 0 Å². The summed E-state index contributed by atoms with van der Waals surface area (Å²) in [7, 11) is 1.61. The molecular formula is C20H23NO3. The number of hydrogen-bond acceptors (Lipinski definition) is 3. The van der Waals surface area contributed by atoms with Gasteiger partial charge in [-0.2, -0.15) is 0 Å². The van der Waals surface area contributed by atoms with Gasteiger partial charge in [0.2, 0.25) is 0 Å². The fourth-order valence-electron chi connectivity index (χ4n) is 2.96. The van der Waals surface area contributed by atoms with E-state index in [0.717, 1.165) is 30.0 Å². The number of aryl methyl sites for hydroxylation is 2. The number of carbonyl (C=O) groups excluding carboxylic acids is 1. The number of benzene rings is 2. The largest absolute Gasteiger partial charge is 0.497 e. The summed E-state index contributed by atoms with van der Waals surface area (Å²) in [5.74, 6) is 1.34. The second-order valence-electron chi connectivity index (χ2n) is 6.12. The maximum atomic E-state index is 12.3. The second-order valence-corrected chi connectivity index (χ2v) is 6.12. The average Bonchev–Trinajstić information content (AvgIpc) is 2.62. The van der Waals surface area contributed by atoms with Crippen LogP contribution in [0.1, 0.15) is 30.9 Å². The molecule has 0 spiro atoms. The molecule has 2 aromatic carbocycles. The molecule has 3 rings (SSSR count). The maximum absolute atomic E-state index is 12.3. The molecule has 0 aliphatic heterocycles. The van der Waals surface area contributed by atoms with Crippen LogP contribution in [0, 0.1) is 0 Å². The van der Waals surface area contributed by atoms with Crippen LogP contribution in [0.15, 0.2) is 42.5 Å². The van der Waals surface area contributed by atoms with E-state index in [9.17, 15) is 4.79 Å². The lowest BCUT2D eigenvalue weighted by Gasteiger charge is -2.19. The summed E-state index contributed by atoms with van der Waals surface area (Å²) < 4.78 is 10.9. The smallest absolute Gasteiger partial charge is 0.265 e. The number of hydrogen-bond donors (Lipinski definition) is 1. The molecule has 2 aromatic rings. The standard InChI is InChI=1S/C20H23NO3/c1-14(20(22)21-17-8-11-18(23-2)12-9-17)24-19-10-7-15-5-3-4-6-16(15)13-19/h7-14H,3-6H2,1-2H3,(H,21,22). The molecule has 1 atom stereocenters. The second kappa shape index (κ2) is 7.39. The maximum Gasteiger partial charge on any atom is 0.265 e. The molecule has 0 radical (unpaired) electrons. The Labute approximate surface area is 142 Å². The zero-order valence-corrected chi connectivity index (χ0v) is 14.2. The Morgan fingerprint density at radius 1 is 1.00 bits per heavy atom. The summed E-state index contributed by atoms with van der Waals surface area (Å²) in [4.78, 5) is 12.3. The van der Waals surface area contributed by atoms with Gasteiger partial charge in [0.05, 0.1) is 7.11 Å². The lowest BCUT2D eigenvalue weighted by atomic mass is 9.92. The fraction of sp³-hybridized carbons (Fsp3) is 0.350. The number of amides is 1. The highest BCUT2D eigenvalue weighted by molar-refractivity contribution is 5.94. The van der Waals surface area contributed by atoms with Gasteiger partial charge in [0.15, 0.2) is 6.10 Å². The molecule has 1 amide bonds. The first-order chi connectivity index (χ1) is 11.7. The predicted molar refractivity (Wildman–Crippen MR) is 94.8 cm³/mol. The van der Waals surface area contributed by atoms with Gasteiger partial charge in [-0.15, -0.1) is 0 Å². The molecule has 0 heterocycles. The Morgan fingerprint density at radius 3 is 2.38 bits per heavy atom. The fourth-order valence-corrected chi connectivity index (χ4v) is 2.96. The minimum Gasteiger partial charge on any atom is -0.497 e. The predicted octanol–water partition coefficient (Wildman–Crippen LogP) is 3.98. The molecule has 1 unspecified atom stereocenters. The van der Waals surface area contributed by atoms with E-state index in [0.29, 0.717) is 0 Å². The van der Waals surface area contributed by atoms with E-state index >= 15 is 0 Å². The summed E-state index contributed by atoms with van der Waals surface area (Å²) in [6.45, 7) is 1.76. The third-order valence-electron chi connectivity index (χ3n) is 4.36. The van der Waals surface area contributed by atoms with Crippen molar-refractivity contribution in [1.82, 2.24) is 0 Å². The normalized spacial score (nSPS) is 14.4. The summed E-state index contributed by atoms with van der Waals surface area (Å²) in [6.07, 6.45) is 4.16. The van der Waals surface area contributed by atoms with Gasteiger partial charge in [-0.1, -0.05) is 6.07 Å². The van der Waals surface area contributed by atoms with Crippen molar-refractivity contribution in [2.24, 2.45) is 0 Å². The highest BCUT2D eigenvalue weighted by Crippen LogP contribution is 2.26. The summed E-state index contributed by atoms with van der Waals surface area (Å²) >= 11 is 0. The molecule has 24 heavy (non-hydrogen) atoms. The lowest BCUT2D eigenvalue weighted by molar-refractivity contribution is -0.122. The van der Waals surface area contributed by atoms with Gasteiger partial charge < -0.3 is 14.8 Å². The van der Waals surface area contributed by atoms with Crippen molar-refractivity contribution in [3.63, 3.8) is 0 Å². The van der Waals surface area contributed by atoms with Crippen molar-refractivity contribution in [1.29, 1.82) is 0 Å². The van der Waals surface area contributed by atoms with Gasteiger partial charge in [0.1, 0.15) is 11.5 Å². The van der Waals surface area contributed by atoms with Crippen molar-refractivity contribution < 1.29 is 14.3 Å². The molecule has 0 saturated carbocycles. The number of nitrogens with one attached hydrogen (secondary N) is 1. The Hall–Kier alpha value is -2.49. The lowest BCUT2D eigenvalue weighted by Crippen LogP contribution is -2.30. The molecule has 0 saturated heterocycles. The van der Waals surface area contributed by atoms with E-state index in [-0.39, 0.29) is 5.91 Å². The number of carbonyl (C=O) groups is 1. The van der Waals surface area contributed by atoms with Gasteiger partial charge >= 0.3 is 0 Å². The quantitative estimate of drug-likeness (QED) is 0.904. The summed E-state index contributed by atoms with van der Waals surface area (Å²) in [5, 5.41) is 2.86. The third-order valence-corrected chi connectivity index (χ3v) is 4.36. The third kappa shape index (κ3) is 3.88. The van der Waals surface area contributed by atoms with E-state index < -0.39 is 6.10 Å². The van der Waals surface area contributed by atoms with Crippen molar-refractivity contribution in [3.8, 4) is 11.5 Å². The van der Waals surface area contributed by atoms with Gasteiger partial charge in [0, 0.05) is 5.69 Å².